The maximum absolute atomic E-state index is 6.05. The lowest BCUT2D eigenvalue weighted by Crippen LogP contribution is -2.53. The minimum atomic E-state index is -0.0557. The third kappa shape index (κ3) is 3.28. The van der Waals surface area contributed by atoms with Gasteiger partial charge in [-0.05, 0) is 40.5 Å². The van der Waals surface area contributed by atoms with Gasteiger partial charge in [-0.1, -0.05) is 6.42 Å². The Balaban J connectivity index is 2.54. The molecule has 2 unspecified atom stereocenters. The predicted octanol–water partition coefficient (Wildman–Crippen LogP) is 1.99. The maximum atomic E-state index is 6.05. The highest BCUT2D eigenvalue weighted by molar-refractivity contribution is 4.86. The standard InChI is InChI=1S/C11H24N2/c1-9-6-5-7-10(2)13(9)8-11(3,4)12/h9-10H,5-8,12H2,1-4H3. The minimum absolute atomic E-state index is 0.0557. The average Bonchev–Trinajstić information content (AvgIpc) is 1.95. The van der Waals surface area contributed by atoms with Crippen molar-refractivity contribution in [2.75, 3.05) is 6.54 Å². The van der Waals surface area contributed by atoms with Crippen molar-refractivity contribution in [2.45, 2.75) is 64.6 Å². The van der Waals surface area contributed by atoms with Gasteiger partial charge in [0, 0.05) is 24.2 Å². The predicted molar refractivity (Wildman–Crippen MR) is 57.7 cm³/mol. The van der Waals surface area contributed by atoms with Crippen LogP contribution in [0.2, 0.25) is 0 Å². The lowest BCUT2D eigenvalue weighted by molar-refractivity contribution is 0.0825. The van der Waals surface area contributed by atoms with Gasteiger partial charge >= 0.3 is 0 Å². The molecule has 0 aliphatic carbocycles. The van der Waals surface area contributed by atoms with E-state index >= 15 is 0 Å². The van der Waals surface area contributed by atoms with Crippen LogP contribution < -0.4 is 5.73 Å². The van der Waals surface area contributed by atoms with Crippen molar-refractivity contribution in [3.63, 3.8) is 0 Å². The molecule has 1 aliphatic rings. The summed E-state index contributed by atoms with van der Waals surface area (Å²) in [6.45, 7) is 9.89. The Morgan fingerprint density at radius 2 is 1.69 bits per heavy atom. The van der Waals surface area contributed by atoms with Crippen LogP contribution in [-0.2, 0) is 0 Å². The number of nitrogens with two attached hydrogens (primary N) is 1. The van der Waals surface area contributed by atoms with Gasteiger partial charge < -0.3 is 5.73 Å². The van der Waals surface area contributed by atoms with Gasteiger partial charge in [-0.3, -0.25) is 4.90 Å². The summed E-state index contributed by atoms with van der Waals surface area (Å²) >= 11 is 0. The molecule has 0 radical (unpaired) electrons. The van der Waals surface area contributed by atoms with E-state index in [9.17, 15) is 0 Å². The van der Waals surface area contributed by atoms with Gasteiger partial charge in [0.05, 0.1) is 0 Å². The average molecular weight is 184 g/mol. The molecule has 1 saturated heterocycles. The van der Waals surface area contributed by atoms with Crippen molar-refractivity contribution in [2.24, 2.45) is 5.73 Å². The smallest absolute Gasteiger partial charge is 0.0226 e. The Morgan fingerprint density at radius 1 is 1.23 bits per heavy atom. The first-order valence-corrected chi connectivity index (χ1v) is 5.45. The first-order valence-electron chi connectivity index (χ1n) is 5.45. The Bertz CT molecular complexity index is 150. The van der Waals surface area contributed by atoms with Crippen LogP contribution in [0.5, 0.6) is 0 Å². The largest absolute Gasteiger partial charge is 0.324 e. The molecule has 2 nitrogen and oxygen atoms in total. The highest BCUT2D eigenvalue weighted by Crippen LogP contribution is 2.23. The first kappa shape index (κ1) is 11.0. The molecule has 0 aromatic carbocycles. The molecule has 1 heterocycles. The summed E-state index contributed by atoms with van der Waals surface area (Å²) in [4.78, 5) is 2.56. The van der Waals surface area contributed by atoms with E-state index in [4.69, 9.17) is 5.73 Å². The van der Waals surface area contributed by atoms with Crippen LogP contribution in [-0.4, -0.2) is 29.1 Å². The van der Waals surface area contributed by atoms with Crippen molar-refractivity contribution in [3.8, 4) is 0 Å². The molecular weight excluding hydrogens is 160 g/mol. The minimum Gasteiger partial charge on any atom is -0.324 e. The lowest BCUT2D eigenvalue weighted by atomic mass is 9.94. The molecule has 0 aromatic rings. The second kappa shape index (κ2) is 3.97. The van der Waals surface area contributed by atoms with E-state index in [1.807, 2.05) is 0 Å². The fraction of sp³-hybridized carbons (Fsp3) is 1.00. The van der Waals surface area contributed by atoms with E-state index in [1.165, 1.54) is 19.3 Å². The summed E-state index contributed by atoms with van der Waals surface area (Å²) in [5.74, 6) is 0. The van der Waals surface area contributed by atoms with E-state index in [0.717, 1.165) is 6.54 Å². The molecule has 2 atom stereocenters. The molecule has 0 spiro atoms. The van der Waals surface area contributed by atoms with Crippen LogP contribution >= 0.6 is 0 Å². The number of hydrogen-bond donors (Lipinski definition) is 1. The van der Waals surface area contributed by atoms with Crippen LogP contribution in [0, 0.1) is 0 Å². The Labute approximate surface area is 82.5 Å². The van der Waals surface area contributed by atoms with Crippen LogP contribution in [0.15, 0.2) is 0 Å². The van der Waals surface area contributed by atoms with E-state index in [0.29, 0.717) is 12.1 Å². The van der Waals surface area contributed by atoms with Gasteiger partial charge in [0.25, 0.3) is 0 Å². The Kier molecular flexibility index (Phi) is 3.36. The van der Waals surface area contributed by atoms with E-state index in [-0.39, 0.29) is 5.54 Å². The van der Waals surface area contributed by atoms with Crippen LogP contribution in [0.25, 0.3) is 0 Å². The van der Waals surface area contributed by atoms with Gasteiger partial charge in [0.15, 0.2) is 0 Å². The third-order valence-corrected chi connectivity index (χ3v) is 2.97. The highest BCUT2D eigenvalue weighted by Gasteiger charge is 2.28. The summed E-state index contributed by atoms with van der Waals surface area (Å²) in [7, 11) is 0. The van der Waals surface area contributed by atoms with E-state index in [2.05, 4.69) is 32.6 Å². The zero-order valence-corrected chi connectivity index (χ0v) is 9.51. The zero-order chi connectivity index (χ0) is 10.1. The van der Waals surface area contributed by atoms with Gasteiger partial charge in [-0.15, -0.1) is 0 Å². The van der Waals surface area contributed by atoms with Crippen molar-refractivity contribution in [1.29, 1.82) is 0 Å². The monoisotopic (exact) mass is 184 g/mol. The third-order valence-electron chi connectivity index (χ3n) is 2.97. The zero-order valence-electron chi connectivity index (χ0n) is 9.51. The fourth-order valence-corrected chi connectivity index (χ4v) is 2.26. The summed E-state index contributed by atoms with van der Waals surface area (Å²) in [5.41, 5.74) is 5.99. The molecule has 0 amide bonds. The Morgan fingerprint density at radius 3 is 2.08 bits per heavy atom. The molecule has 0 saturated carbocycles. The molecule has 2 N–H and O–H groups in total. The summed E-state index contributed by atoms with van der Waals surface area (Å²) in [6.07, 6.45) is 4.05. The van der Waals surface area contributed by atoms with Crippen molar-refractivity contribution < 1.29 is 0 Å². The summed E-state index contributed by atoms with van der Waals surface area (Å²) in [6, 6.07) is 1.43. The van der Waals surface area contributed by atoms with Gasteiger partial charge in [-0.2, -0.15) is 0 Å². The molecule has 78 valence electrons. The second-order valence-electron chi connectivity index (χ2n) is 5.29. The van der Waals surface area contributed by atoms with Crippen LogP contribution in [0.3, 0.4) is 0 Å². The molecule has 2 heteroatoms. The van der Waals surface area contributed by atoms with Crippen LogP contribution in [0.4, 0.5) is 0 Å². The van der Waals surface area contributed by atoms with Crippen LogP contribution in [0.1, 0.15) is 47.0 Å². The lowest BCUT2D eigenvalue weighted by Gasteiger charge is -2.42. The molecular formula is C11H24N2. The maximum Gasteiger partial charge on any atom is 0.0226 e. The number of likely N-dealkylation sites (tertiary alicyclic amines) is 1. The molecule has 0 aromatic heterocycles. The summed E-state index contributed by atoms with van der Waals surface area (Å²) in [5, 5.41) is 0. The van der Waals surface area contributed by atoms with E-state index in [1.54, 1.807) is 0 Å². The van der Waals surface area contributed by atoms with Gasteiger partial charge in [-0.25, -0.2) is 0 Å². The van der Waals surface area contributed by atoms with Crippen molar-refractivity contribution in [1.82, 2.24) is 4.90 Å². The molecule has 1 fully saturated rings. The number of rotatable bonds is 2. The highest BCUT2D eigenvalue weighted by atomic mass is 15.2. The van der Waals surface area contributed by atoms with Gasteiger partial charge in [0.2, 0.25) is 0 Å². The number of piperidine rings is 1. The fourth-order valence-electron chi connectivity index (χ4n) is 2.26. The molecule has 1 aliphatic heterocycles. The Hall–Kier alpha value is -0.0800. The quantitative estimate of drug-likeness (QED) is 0.711. The normalized spacial score (nSPS) is 32.1. The number of nitrogens with zero attached hydrogens (tertiary/aromatic N) is 1. The molecule has 1 rings (SSSR count). The second-order valence-corrected chi connectivity index (χ2v) is 5.29. The van der Waals surface area contributed by atoms with Crippen molar-refractivity contribution >= 4 is 0 Å². The first-order chi connectivity index (χ1) is 5.90. The number of hydrogen-bond acceptors (Lipinski definition) is 2. The summed E-state index contributed by atoms with van der Waals surface area (Å²) < 4.78 is 0. The van der Waals surface area contributed by atoms with Gasteiger partial charge in [0.1, 0.15) is 0 Å². The topological polar surface area (TPSA) is 29.3 Å². The molecule has 0 bridgehead atoms. The molecule has 13 heavy (non-hydrogen) atoms. The van der Waals surface area contributed by atoms with Crippen molar-refractivity contribution in [3.05, 3.63) is 0 Å². The SMILES string of the molecule is CC1CCCC(C)N1CC(C)(C)N. The van der Waals surface area contributed by atoms with E-state index < -0.39 is 0 Å².